The van der Waals surface area contributed by atoms with Crippen LogP contribution in [0.5, 0.6) is 5.75 Å². The minimum absolute atomic E-state index is 0.120. The summed E-state index contributed by atoms with van der Waals surface area (Å²) in [6.07, 6.45) is 2.17. The van der Waals surface area contributed by atoms with Crippen LogP contribution in [0, 0.1) is 3.57 Å². The highest BCUT2D eigenvalue weighted by Crippen LogP contribution is 2.28. The van der Waals surface area contributed by atoms with Crippen molar-refractivity contribution in [2.45, 2.75) is 18.9 Å². The third kappa shape index (κ3) is 3.73. The number of benzene rings is 1. The van der Waals surface area contributed by atoms with Crippen molar-refractivity contribution in [3.05, 3.63) is 26.3 Å². The molecule has 1 N–H and O–H groups in total. The highest BCUT2D eigenvalue weighted by molar-refractivity contribution is 14.1. The number of nitrogens with one attached hydrogen (secondary N) is 1. The summed E-state index contributed by atoms with van der Waals surface area (Å²) in [7, 11) is 1.54. The third-order valence-electron chi connectivity index (χ3n) is 3.00. The summed E-state index contributed by atoms with van der Waals surface area (Å²) in [4.78, 5) is 12.1. The van der Waals surface area contributed by atoms with Gasteiger partial charge in [0.2, 0.25) is 0 Å². The first-order valence-electron chi connectivity index (χ1n) is 6.04. The molecule has 4 nitrogen and oxygen atoms in total. The summed E-state index contributed by atoms with van der Waals surface area (Å²) >= 11 is 8.15. The standard InChI is InChI=1S/C13H15ClINO3/c1-18-12-6-11(15)10(14)5-9(12)13(17)16-7-8-3-2-4-19-8/h5-6,8H,2-4,7H2,1H3,(H,16,17). The smallest absolute Gasteiger partial charge is 0.255 e. The monoisotopic (exact) mass is 395 g/mol. The van der Waals surface area contributed by atoms with Gasteiger partial charge in [-0.1, -0.05) is 11.6 Å². The van der Waals surface area contributed by atoms with Crippen molar-refractivity contribution in [1.82, 2.24) is 5.32 Å². The van der Waals surface area contributed by atoms with E-state index in [2.05, 4.69) is 27.9 Å². The summed E-state index contributed by atoms with van der Waals surface area (Å²) in [5.74, 6) is 0.337. The van der Waals surface area contributed by atoms with E-state index in [9.17, 15) is 4.79 Å². The molecule has 1 atom stereocenters. The molecule has 1 fully saturated rings. The summed E-state index contributed by atoms with van der Waals surface area (Å²) in [5, 5.41) is 3.40. The lowest BCUT2D eigenvalue weighted by Gasteiger charge is -2.13. The largest absolute Gasteiger partial charge is 0.496 e. The van der Waals surface area contributed by atoms with Crippen LogP contribution in [0.25, 0.3) is 0 Å². The van der Waals surface area contributed by atoms with Crippen LogP contribution in [-0.2, 0) is 4.74 Å². The highest BCUT2D eigenvalue weighted by Gasteiger charge is 2.19. The Labute approximate surface area is 130 Å². The molecule has 0 bridgehead atoms. The molecule has 0 radical (unpaired) electrons. The van der Waals surface area contributed by atoms with E-state index in [0.717, 1.165) is 23.0 Å². The second-order valence-corrected chi connectivity index (χ2v) is 5.88. The normalized spacial score (nSPS) is 18.4. The average molecular weight is 396 g/mol. The van der Waals surface area contributed by atoms with Gasteiger partial charge in [0.05, 0.1) is 23.8 Å². The van der Waals surface area contributed by atoms with Crippen LogP contribution in [0.4, 0.5) is 0 Å². The zero-order valence-electron chi connectivity index (χ0n) is 10.5. The number of hydrogen-bond donors (Lipinski definition) is 1. The van der Waals surface area contributed by atoms with E-state index >= 15 is 0 Å². The van der Waals surface area contributed by atoms with E-state index in [1.807, 2.05) is 0 Å². The van der Waals surface area contributed by atoms with Gasteiger partial charge in [0, 0.05) is 16.7 Å². The van der Waals surface area contributed by atoms with Gasteiger partial charge in [-0.2, -0.15) is 0 Å². The van der Waals surface area contributed by atoms with Crippen LogP contribution in [0.1, 0.15) is 23.2 Å². The number of amides is 1. The van der Waals surface area contributed by atoms with Gasteiger partial charge in [0.1, 0.15) is 5.75 Å². The van der Waals surface area contributed by atoms with Crippen LogP contribution in [0.15, 0.2) is 12.1 Å². The Balaban J connectivity index is 2.07. The van der Waals surface area contributed by atoms with E-state index in [0.29, 0.717) is 22.9 Å². The van der Waals surface area contributed by atoms with E-state index in [-0.39, 0.29) is 12.0 Å². The van der Waals surface area contributed by atoms with Gasteiger partial charge in [-0.05, 0) is 47.6 Å². The van der Waals surface area contributed by atoms with Crippen molar-refractivity contribution in [3.63, 3.8) is 0 Å². The van der Waals surface area contributed by atoms with E-state index in [1.165, 1.54) is 7.11 Å². The van der Waals surface area contributed by atoms with Gasteiger partial charge in [-0.3, -0.25) is 4.79 Å². The van der Waals surface area contributed by atoms with Crippen LogP contribution >= 0.6 is 34.2 Å². The Morgan fingerprint density at radius 2 is 2.42 bits per heavy atom. The number of hydrogen-bond acceptors (Lipinski definition) is 3. The Bertz CT molecular complexity index is 475. The Morgan fingerprint density at radius 1 is 1.63 bits per heavy atom. The van der Waals surface area contributed by atoms with Crippen molar-refractivity contribution < 1.29 is 14.3 Å². The summed E-state index contributed by atoms with van der Waals surface area (Å²) in [5.41, 5.74) is 0.450. The molecule has 1 aliphatic heterocycles. The lowest BCUT2D eigenvalue weighted by Crippen LogP contribution is -2.32. The van der Waals surface area contributed by atoms with Crippen molar-refractivity contribution in [2.75, 3.05) is 20.3 Å². The van der Waals surface area contributed by atoms with Gasteiger partial charge in [-0.15, -0.1) is 0 Å². The second-order valence-electron chi connectivity index (χ2n) is 4.31. The predicted molar refractivity (Wildman–Crippen MR) is 82.0 cm³/mol. The fourth-order valence-electron chi connectivity index (χ4n) is 1.98. The maximum atomic E-state index is 12.1. The summed E-state index contributed by atoms with van der Waals surface area (Å²) < 4.78 is 11.5. The van der Waals surface area contributed by atoms with Crippen LogP contribution in [0.3, 0.4) is 0 Å². The molecule has 0 saturated carbocycles. The first-order valence-corrected chi connectivity index (χ1v) is 7.50. The average Bonchev–Trinajstić information content (AvgIpc) is 2.91. The molecule has 1 saturated heterocycles. The number of halogens is 2. The minimum atomic E-state index is -0.189. The van der Waals surface area contributed by atoms with Crippen LogP contribution in [0.2, 0.25) is 5.02 Å². The van der Waals surface area contributed by atoms with Crippen molar-refractivity contribution in [1.29, 1.82) is 0 Å². The molecular formula is C13H15ClINO3. The molecule has 0 aliphatic carbocycles. The molecule has 0 aromatic heterocycles. The maximum absolute atomic E-state index is 12.1. The molecule has 19 heavy (non-hydrogen) atoms. The predicted octanol–water partition coefficient (Wildman–Crippen LogP) is 2.86. The number of carbonyl (C=O) groups excluding carboxylic acids is 1. The molecular weight excluding hydrogens is 381 g/mol. The van der Waals surface area contributed by atoms with E-state index in [4.69, 9.17) is 21.1 Å². The first kappa shape index (κ1) is 14.9. The minimum Gasteiger partial charge on any atom is -0.496 e. The molecule has 1 amide bonds. The molecule has 1 aliphatic rings. The van der Waals surface area contributed by atoms with Gasteiger partial charge >= 0.3 is 0 Å². The third-order valence-corrected chi connectivity index (χ3v) is 4.53. The molecule has 2 rings (SSSR count). The Morgan fingerprint density at radius 3 is 3.05 bits per heavy atom. The fourth-order valence-corrected chi connectivity index (χ4v) is 2.58. The lowest BCUT2D eigenvalue weighted by molar-refractivity contribution is 0.0855. The molecule has 1 unspecified atom stereocenters. The topological polar surface area (TPSA) is 47.6 Å². The lowest BCUT2D eigenvalue weighted by atomic mass is 10.1. The van der Waals surface area contributed by atoms with Crippen molar-refractivity contribution in [2.24, 2.45) is 0 Å². The number of rotatable bonds is 4. The van der Waals surface area contributed by atoms with Crippen molar-refractivity contribution in [3.8, 4) is 5.75 Å². The van der Waals surface area contributed by atoms with Crippen LogP contribution < -0.4 is 10.1 Å². The number of carbonyl (C=O) groups is 1. The SMILES string of the molecule is COc1cc(I)c(Cl)cc1C(=O)NCC1CCCO1. The highest BCUT2D eigenvalue weighted by atomic mass is 127. The second kappa shape index (κ2) is 6.76. The van der Waals surface area contributed by atoms with Crippen LogP contribution in [-0.4, -0.2) is 32.3 Å². The zero-order valence-corrected chi connectivity index (χ0v) is 13.5. The van der Waals surface area contributed by atoms with Crippen molar-refractivity contribution >= 4 is 40.1 Å². The van der Waals surface area contributed by atoms with E-state index < -0.39 is 0 Å². The molecule has 6 heteroatoms. The Hall–Kier alpha value is -0.530. The Kier molecular flexibility index (Phi) is 5.29. The van der Waals surface area contributed by atoms with Gasteiger partial charge in [-0.25, -0.2) is 0 Å². The molecule has 1 aromatic carbocycles. The quantitative estimate of drug-likeness (QED) is 0.798. The molecule has 104 valence electrons. The van der Waals surface area contributed by atoms with Gasteiger partial charge in [0.25, 0.3) is 5.91 Å². The van der Waals surface area contributed by atoms with Gasteiger partial charge < -0.3 is 14.8 Å². The molecule has 1 aromatic rings. The first-order chi connectivity index (χ1) is 9.11. The molecule has 0 spiro atoms. The van der Waals surface area contributed by atoms with Gasteiger partial charge in [0.15, 0.2) is 0 Å². The van der Waals surface area contributed by atoms with E-state index in [1.54, 1.807) is 12.1 Å². The number of methoxy groups -OCH3 is 1. The maximum Gasteiger partial charge on any atom is 0.255 e. The number of ether oxygens (including phenoxy) is 2. The summed E-state index contributed by atoms with van der Waals surface area (Å²) in [6, 6.07) is 3.39. The fraction of sp³-hybridized carbons (Fsp3) is 0.462. The zero-order chi connectivity index (χ0) is 13.8. The summed E-state index contributed by atoms with van der Waals surface area (Å²) in [6.45, 7) is 1.30. The molecule has 1 heterocycles.